The minimum atomic E-state index is -0.946. The monoisotopic (exact) mass is 345 g/mol. The summed E-state index contributed by atoms with van der Waals surface area (Å²) in [4.78, 5) is 24.3. The lowest BCUT2D eigenvalue weighted by atomic mass is 10.1. The van der Waals surface area contributed by atoms with Crippen molar-refractivity contribution < 1.29 is 19.1 Å². The SMILES string of the molecule is CC(C)N(CCC(=O)O)C(=O)Cc1ccc(Br)c(F)c1. The Morgan fingerprint density at radius 1 is 1.40 bits per heavy atom. The van der Waals surface area contributed by atoms with Crippen LogP contribution in [0.15, 0.2) is 22.7 Å². The van der Waals surface area contributed by atoms with E-state index in [0.29, 0.717) is 10.0 Å². The van der Waals surface area contributed by atoms with Gasteiger partial charge in [0.25, 0.3) is 0 Å². The summed E-state index contributed by atoms with van der Waals surface area (Å²) < 4.78 is 13.7. The number of carboxylic acids is 1. The zero-order chi connectivity index (χ0) is 15.3. The maximum Gasteiger partial charge on any atom is 0.305 e. The third-order valence-electron chi connectivity index (χ3n) is 2.85. The fourth-order valence-corrected chi connectivity index (χ4v) is 2.06. The molecule has 0 aliphatic heterocycles. The fraction of sp³-hybridized carbons (Fsp3) is 0.429. The number of amides is 1. The molecule has 1 aromatic carbocycles. The highest BCUT2D eigenvalue weighted by Gasteiger charge is 2.18. The lowest BCUT2D eigenvalue weighted by Gasteiger charge is -2.26. The Labute approximate surface area is 125 Å². The van der Waals surface area contributed by atoms with Crippen LogP contribution in [0.3, 0.4) is 0 Å². The molecule has 0 aromatic heterocycles. The Hall–Kier alpha value is -1.43. The normalized spacial score (nSPS) is 10.7. The molecule has 0 saturated heterocycles. The second-order valence-corrected chi connectivity index (χ2v) is 5.60. The van der Waals surface area contributed by atoms with Crippen molar-refractivity contribution in [3.63, 3.8) is 0 Å². The van der Waals surface area contributed by atoms with Crippen molar-refractivity contribution in [3.05, 3.63) is 34.1 Å². The first kappa shape index (κ1) is 16.6. The van der Waals surface area contributed by atoms with Gasteiger partial charge in [-0.25, -0.2) is 4.39 Å². The van der Waals surface area contributed by atoms with Crippen LogP contribution in [0.5, 0.6) is 0 Å². The molecule has 1 amide bonds. The molecule has 0 heterocycles. The highest BCUT2D eigenvalue weighted by Crippen LogP contribution is 2.17. The van der Waals surface area contributed by atoms with E-state index in [0.717, 1.165) is 0 Å². The number of hydrogen-bond acceptors (Lipinski definition) is 2. The Kier molecular flexibility index (Phi) is 6.13. The van der Waals surface area contributed by atoms with Crippen LogP contribution in [-0.4, -0.2) is 34.5 Å². The second kappa shape index (κ2) is 7.38. The zero-order valence-electron chi connectivity index (χ0n) is 11.4. The number of carbonyl (C=O) groups is 2. The van der Waals surface area contributed by atoms with E-state index in [2.05, 4.69) is 15.9 Å². The van der Waals surface area contributed by atoms with Gasteiger partial charge < -0.3 is 10.0 Å². The van der Waals surface area contributed by atoms with Gasteiger partial charge in [-0.3, -0.25) is 9.59 Å². The predicted molar refractivity (Wildman–Crippen MR) is 76.9 cm³/mol. The van der Waals surface area contributed by atoms with Gasteiger partial charge in [0.05, 0.1) is 17.3 Å². The standard InChI is InChI=1S/C14H17BrFNO3/c1-9(2)17(6-5-14(19)20)13(18)8-10-3-4-11(15)12(16)7-10/h3-4,7,9H,5-6,8H2,1-2H3,(H,19,20). The Morgan fingerprint density at radius 3 is 2.55 bits per heavy atom. The smallest absolute Gasteiger partial charge is 0.305 e. The minimum absolute atomic E-state index is 0.0575. The van der Waals surface area contributed by atoms with E-state index in [9.17, 15) is 14.0 Å². The van der Waals surface area contributed by atoms with E-state index in [1.807, 2.05) is 13.8 Å². The Bertz CT molecular complexity index is 505. The molecule has 20 heavy (non-hydrogen) atoms. The van der Waals surface area contributed by atoms with Gasteiger partial charge in [-0.2, -0.15) is 0 Å². The van der Waals surface area contributed by atoms with Crippen LogP contribution in [0.25, 0.3) is 0 Å². The van der Waals surface area contributed by atoms with Crippen LogP contribution in [0.4, 0.5) is 4.39 Å². The first-order valence-electron chi connectivity index (χ1n) is 6.26. The van der Waals surface area contributed by atoms with E-state index >= 15 is 0 Å². The quantitative estimate of drug-likeness (QED) is 0.862. The van der Waals surface area contributed by atoms with Gasteiger partial charge in [0.1, 0.15) is 5.82 Å². The van der Waals surface area contributed by atoms with E-state index < -0.39 is 11.8 Å². The molecule has 110 valence electrons. The summed E-state index contributed by atoms with van der Waals surface area (Å²) in [6, 6.07) is 4.43. The maximum atomic E-state index is 13.4. The van der Waals surface area contributed by atoms with Crippen LogP contribution >= 0.6 is 15.9 Å². The molecule has 0 fully saturated rings. The first-order chi connectivity index (χ1) is 9.31. The summed E-state index contributed by atoms with van der Waals surface area (Å²) in [6.45, 7) is 3.80. The maximum absolute atomic E-state index is 13.4. The molecule has 0 aliphatic carbocycles. The molecule has 0 saturated carbocycles. The lowest BCUT2D eigenvalue weighted by Crippen LogP contribution is -2.39. The number of carboxylic acid groups (broad SMARTS) is 1. The molecular formula is C14H17BrFNO3. The molecule has 4 nitrogen and oxygen atoms in total. The average molecular weight is 346 g/mol. The summed E-state index contributed by atoms with van der Waals surface area (Å²) in [5.41, 5.74) is 0.566. The molecular weight excluding hydrogens is 329 g/mol. The van der Waals surface area contributed by atoms with E-state index in [1.165, 1.54) is 11.0 Å². The predicted octanol–water partition coefficient (Wildman–Crippen LogP) is 2.84. The zero-order valence-corrected chi connectivity index (χ0v) is 13.0. The minimum Gasteiger partial charge on any atom is -0.481 e. The number of rotatable bonds is 6. The van der Waals surface area contributed by atoms with Gasteiger partial charge in [-0.05, 0) is 47.5 Å². The Balaban J connectivity index is 2.74. The van der Waals surface area contributed by atoms with Crippen LogP contribution in [0, 0.1) is 5.82 Å². The number of halogens is 2. The van der Waals surface area contributed by atoms with Gasteiger partial charge in [-0.15, -0.1) is 0 Å². The van der Waals surface area contributed by atoms with Gasteiger partial charge in [0.15, 0.2) is 0 Å². The number of aliphatic carboxylic acids is 1. The van der Waals surface area contributed by atoms with Crippen molar-refractivity contribution in [2.75, 3.05) is 6.54 Å². The topological polar surface area (TPSA) is 57.6 Å². The molecule has 0 radical (unpaired) electrons. The van der Waals surface area contributed by atoms with Gasteiger partial charge >= 0.3 is 5.97 Å². The van der Waals surface area contributed by atoms with Gasteiger partial charge in [0.2, 0.25) is 5.91 Å². The molecule has 1 aromatic rings. The highest BCUT2D eigenvalue weighted by atomic mass is 79.9. The number of hydrogen-bond donors (Lipinski definition) is 1. The molecule has 1 rings (SSSR count). The van der Waals surface area contributed by atoms with Gasteiger partial charge in [0, 0.05) is 12.6 Å². The van der Waals surface area contributed by atoms with Crippen molar-refractivity contribution in [2.24, 2.45) is 0 Å². The molecule has 0 atom stereocenters. The third kappa shape index (κ3) is 4.92. The molecule has 1 N–H and O–H groups in total. The van der Waals surface area contributed by atoms with Crippen molar-refractivity contribution in [1.82, 2.24) is 4.90 Å². The van der Waals surface area contributed by atoms with Crippen LogP contribution < -0.4 is 0 Å². The molecule has 0 spiro atoms. The van der Waals surface area contributed by atoms with Gasteiger partial charge in [-0.1, -0.05) is 6.07 Å². The van der Waals surface area contributed by atoms with Crippen LogP contribution in [0.2, 0.25) is 0 Å². The summed E-state index contributed by atoms with van der Waals surface area (Å²) in [5.74, 6) is -1.57. The summed E-state index contributed by atoms with van der Waals surface area (Å²) in [5, 5.41) is 8.69. The number of nitrogens with zero attached hydrogens (tertiary/aromatic N) is 1. The summed E-state index contributed by atoms with van der Waals surface area (Å²) in [6.07, 6.45) is -0.0411. The largest absolute Gasteiger partial charge is 0.481 e. The van der Waals surface area contributed by atoms with Crippen molar-refractivity contribution >= 4 is 27.8 Å². The average Bonchev–Trinajstić information content (AvgIpc) is 2.33. The third-order valence-corrected chi connectivity index (χ3v) is 3.49. The second-order valence-electron chi connectivity index (χ2n) is 4.75. The van der Waals surface area contributed by atoms with E-state index in [1.54, 1.807) is 12.1 Å². The van der Waals surface area contributed by atoms with E-state index in [4.69, 9.17) is 5.11 Å². The highest BCUT2D eigenvalue weighted by molar-refractivity contribution is 9.10. The summed E-state index contributed by atoms with van der Waals surface area (Å²) >= 11 is 3.05. The van der Waals surface area contributed by atoms with Crippen molar-refractivity contribution in [3.8, 4) is 0 Å². The Morgan fingerprint density at radius 2 is 2.05 bits per heavy atom. The lowest BCUT2D eigenvalue weighted by molar-refractivity contribution is -0.139. The number of benzene rings is 1. The van der Waals surface area contributed by atoms with E-state index in [-0.39, 0.29) is 31.3 Å². The summed E-state index contributed by atoms with van der Waals surface area (Å²) in [7, 11) is 0. The van der Waals surface area contributed by atoms with Crippen LogP contribution in [-0.2, 0) is 16.0 Å². The fourth-order valence-electron chi connectivity index (χ4n) is 1.81. The van der Waals surface area contributed by atoms with Crippen LogP contribution in [0.1, 0.15) is 25.8 Å². The number of carbonyl (C=O) groups excluding carboxylic acids is 1. The molecule has 0 unspecified atom stereocenters. The molecule has 0 aliphatic rings. The first-order valence-corrected chi connectivity index (χ1v) is 7.05. The van der Waals surface area contributed by atoms with Crippen molar-refractivity contribution in [2.45, 2.75) is 32.7 Å². The van der Waals surface area contributed by atoms with Crippen molar-refractivity contribution in [1.29, 1.82) is 0 Å². The molecule has 6 heteroatoms. The molecule has 0 bridgehead atoms.